The first-order valence-corrected chi connectivity index (χ1v) is 11.0. The van der Waals surface area contributed by atoms with Gasteiger partial charge in [0.2, 0.25) is 10.0 Å². The fourth-order valence-corrected chi connectivity index (χ4v) is 4.72. The Bertz CT molecular complexity index is 945. The third-order valence-electron chi connectivity index (χ3n) is 4.48. The van der Waals surface area contributed by atoms with E-state index in [1.807, 2.05) is 12.1 Å². The molecule has 0 radical (unpaired) electrons. The number of hydrogen-bond acceptors (Lipinski definition) is 4. The molecule has 0 aromatic heterocycles. The van der Waals surface area contributed by atoms with Crippen molar-refractivity contribution in [2.24, 2.45) is 0 Å². The van der Waals surface area contributed by atoms with Crippen LogP contribution in [-0.4, -0.2) is 55.8 Å². The van der Waals surface area contributed by atoms with Gasteiger partial charge in [-0.25, -0.2) is 12.8 Å². The molecule has 0 saturated carbocycles. The zero-order chi connectivity index (χ0) is 20.3. The van der Waals surface area contributed by atoms with Crippen LogP contribution in [0.5, 0.6) is 5.75 Å². The average molecular weight is 471 g/mol. The Hall–Kier alpha value is -1.97. The van der Waals surface area contributed by atoms with E-state index in [0.717, 1.165) is 10.5 Å². The molecule has 0 bridgehead atoms. The van der Waals surface area contributed by atoms with Crippen LogP contribution < -0.4 is 4.74 Å². The summed E-state index contributed by atoms with van der Waals surface area (Å²) >= 11 is 3.34. The van der Waals surface area contributed by atoms with Crippen molar-refractivity contribution in [1.29, 1.82) is 0 Å². The second-order valence-electron chi connectivity index (χ2n) is 6.37. The number of carbonyl (C=O) groups is 1. The van der Waals surface area contributed by atoms with E-state index in [2.05, 4.69) is 15.9 Å². The van der Waals surface area contributed by atoms with Crippen molar-refractivity contribution in [1.82, 2.24) is 9.21 Å². The van der Waals surface area contributed by atoms with Crippen LogP contribution in [0.4, 0.5) is 4.39 Å². The van der Waals surface area contributed by atoms with Gasteiger partial charge in [0.05, 0.1) is 0 Å². The van der Waals surface area contributed by atoms with Crippen molar-refractivity contribution < 1.29 is 22.3 Å². The lowest BCUT2D eigenvalue weighted by molar-refractivity contribution is -0.139. The number of carbonyl (C=O) groups excluding carboxylic acids is 1. The minimum atomic E-state index is -3.93. The van der Waals surface area contributed by atoms with Crippen LogP contribution in [0.15, 0.2) is 57.9 Å². The normalized spacial score (nSPS) is 16.6. The Kier molecular flexibility index (Phi) is 6.36. The molecule has 2 aromatic carbocycles. The molecule has 28 heavy (non-hydrogen) atoms. The molecule has 1 aliphatic heterocycles. The van der Waals surface area contributed by atoms with Crippen LogP contribution in [0.3, 0.4) is 0 Å². The quantitative estimate of drug-likeness (QED) is 0.673. The van der Waals surface area contributed by atoms with Crippen molar-refractivity contribution in [2.75, 3.05) is 26.2 Å². The molecule has 1 heterocycles. The Balaban J connectivity index is 1.60. The smallest absolute Gasteiger partial charge is 0.263 e. The standard InChI is InChI=1S/C19H20BrFN2O4S/c1-14(27-16-8-6-15(20)7-9-16)19(24)22-10-12-23(13-11-22)28(25,26)18-5-3-2-4-17(18)21/h2-9,14H,10-13H2,1H3. The molecule has 1 saturated heterocycles. The van der Waals surface area contributed by atoms with Gasteiger partial charge in [-0.15, -0.1) is 0 Å². The van der Waals surface area contributed by atoms with E-state index in [1.54, 1.807) is 24.0 Å². The highest BCUT2D eigenvalue weighted by Gasteiger charge is 2.33. The molecule has 3 rings (SSSR count). The van der Waals surface area contributed by atoms with Crippen LogP contribution in [0, 0.1) is 5.82 Å². The summed E-state index contributed by atoms with van der Waals surface area (Å²) in [6.07, 6.45) is -0.698. The number of sulfonamides is 1. The zero-order valence-corrected chi connectivity index (χ0v) is 17.6. The van der Waals surface area contributed by atoms with Gasteiger partial charge in [-0.2, -0.15) is 4.31 Å². The van der Waals surface area contributed by atoms with Crippen LogP contribution in [0.25, 0.3) is 0 Å². The third kappa shape index (κ3) is 4.53. The minimum absolute atomic E-state index is 0.105. The van der Waals surface area contributed by atoms with Crippen molar-refractivity contribution in [2.45, 2.75) is 17.9 Å². The summed E-state index contributed by atoms with van der Waals surface area (Å²) in [7, 11) is -3.93. The SMILES string of the molecule is CC(Oc1ccc(Br)cc1)C(=O)N1CCN(S(=O)(=O)c2ccccc2F)CC1. The lowest BCUT2D eigenvalue weighted by Gasteiger charge is -2.35. The molecule has 0 spiro atoms. The van der Waals surface area contributed by atoms with Crippen molar-refractivity contribution in [3.05, 3.63) is 58.8 Å². The van der Waals surface area contributed by atoms with Gasteiger partial charge in [0.15, 0.2) is 6.10 Å². The molecule has 1 atom stereocenters. The molecule has 6 nitrogen and oxygen atoms in total. The molecule has 2 aromatic rings. The Morgan fingerprint density at radius 3 is 2.29 bits per heavy atom. The van der Waals surface area contributed by atoms with Gasteiger partial charge in [-0.05, 0) is 43.3 Å². The number of nitrogens with zero attached hydrogens (tertiary/aromatic N) is 2. The third-order valence-corrected chi connectivity index (χ3v) is 6.94. The van der Waals surface area contributed by atoms with Gasteiger partial charge in [-0.3, -0.25) is 4.79 Å². The summed E-state index contributed by atoms with van der Waals surface area (Å²) < 4.78 is 47.0. The Morgan fingerprint density at radius 2 is 1.68 bits per heavy atom. The number of benzene rings is 2. The zero-order valence-electron chi connectivity index (χ0n) is 15.2. The predicted molar refractivity (Wildman–Crippen MR) is 106 cm³/mol. The molecule has 0 N–H and O–H groups in total. The van der Waals surface area contributed by atoms with Crippen molar-refractivity contribution in [3.8, 4) is 5.75 Å². The average Bonchev–Trinajstić information content (AvgIpc) is 2.69. The first kappa shape index (κ1) is 20.8. The minimum Gasteiger partial charge on any atom is -0.481 e. The van der Waals surface area contributed by atoms with E-state index < -0.39 is 21.9 Å². The second-order valence-corrected chi connectivity index (χ2v) is 9.20. The number of piperazine rings is 1. The maximum absolute atomic E-state index is 13.9. The predicted octanol–water partition coefficient (Wildman–Crippen LogP) is 2.89. The van der Waals surface area contributed by atoms with E-state index in [0.29, 0.717) is 5.75 Å². The summed E-state index contributed by atoms with van der Waals surface area (Å²) in [4.78, 5) is 13.8. The van der Waals surface area contributed by atoms with Gasteiger partial charge in [-0.1, -0.05) is 28.1 Å². The number of hydrogen-bond donors (Lipinski definition) is 0. The van der Waals surface area contributed by atoms with Crippen molar-refractivity contribution >= 4 is 31.9 Å². The molecule has 1 fully saturated rings. The molecular formula is C19H20BrFN2O4S. The first-order valence-electron chi connectivity index (χ1n) is 8.75. The van der Waals surface area contributed by atoms with Gasteiger partial charge in [0, 0.05) is 30.7 Å². The summed E-state index contributed by atoms with van der Waals surface area (Å²) in [5.74, 6) is -0.423. The van der Waals surface area contributed by atoms with E-state index >= 15 is 0 Å². The van der Waals surface area contributed by atoms with Gasteiger partial charge < -0.3 is 9.64 Å². The fraction of sp³-hybridized carbons (Fsp3) is 0.316. The van der Waals surface area contributed by atoms with Crippen molar-refractivity contribution in [3.63, 3.8) is 0 Å². The fourth-order valence-electron chi connectivity index (χ4n) is 2.97. The van der Waals surface area contributed by atoms with E-state index in [-0.39, 0.29) is 37.0 Å². The second kappa shape index (κ2) is 8.59. The molecule has 1 aliphatic rings. The van der Waals surface area contributed by atoms with E-state index in [4.69, 9.17) is 4.74 Å². The maximum atomic E-state index is 13.9. The lowest BCUT2D eigenvalue weighted by atomic mass is 10.3. The first-order chi connectivity index (χ1) is 13.3. The van der Waals surface area contributed by atoms with Gasteiger partial charge in [0.1, 0.15) is 16.5 Å². The molecule has 1 amide bonds. The number of rotatable bonds is 5. The summed E-state index contributed by atoms with van der Waals surface area (Å²) in [6.45, 7) is 2.31. The summed E-state index contributed by atoms with van der Waals surface area (Å²) in [6, 6.07) is 12.4. The van der Waals surface area contributed by atoms with Crippen LogP contribution in [-0.2, 0) is 14.8 Å². The summed E-state index contributed by atoms with van der Waals surface area (Å²) in [5, 5.41) is 0. The Labute approximate surface area is 172 Å². The highest BCUT2D eigenvalue weighted by atomic mass is 79.9. The number of ether oxygens (including phenoxy) is 1. The van der Waals surface area contributed by atoms with E-state index in [9.17, 15) is 17.6 Å². The largest absolute Gasteiger partial charge is 0.481 e. The lowest BCUT2D eigenvalue weighted by Crippen LogP contribution is -2.53. The Morgan fingerprint density at radius 1 is 1.07 bits per heavy atom. The topological polar surface area (TPSA) is 66.9 Å². The van der Waals surface area contributed by atoms with E-state index in [1.165, 1.54) is 22.5 Å². The number of amides is 1. The summed E-state index contributed by atoms with van der Waals surface area (Å²) in [5.41, 5.74) is 0. The van der Waals surface area contributed by atoms with Gasteiger partial charge in [0.25, 0.3) is 5.91 Å². The van der Waals surface area contributed by atoms with Crippen LogP contribution in [0.1, 0.15) is 6.92 Å². The maximum Gasteiger partial charge on any atom is 0.263 e. The molecule has 1 unspecified atom stereocenters. The monoisotopic (exact) mass is 470 g/mol. The highest BCUT2D eigenvalue weighted by molar-refractivity contribution is 9.10. The van der Waals surface area contributed by atoms with Crippen LogP contribution in [0.2, 0.25) is 0 Å². The van der Waals surface area contributed by atoms with Gasteiger partial charge >= 0.3 is 0 Å². The molecule has 0 aliphatic carbocycles. The highest BCUT2D eigenvalue weighted by Crippen LogP contribution is 2.21. The molecule has 9 heteroatoms. The molecule has 150 valence electrons. The number of halogens is 2. The van der Waals surface area contributed by atoms with Crippen LogP contribution >= 0.6 is 15.9 Å². The molecular weight excluding hydrogens is 451 g/mol.